The van der Waals surface area contributed by atoms with Crippen molar-refractivity contribution in [3.63, 3.8) is 0 Å². The third kappa shape index (κ3) is 4.01. The minimum atomic E-state index is -3.78. The first-order chi connectivity index (χ1) is 12.3. The molecular formula is C15H19N5O4S2. The Morgan fingerprint density at radius 2 is 1.62 bits per heavy atom. The minimum absolute atomic E-state index is 0.0562. The SMILES string of the molecule is Cc1ccc(C=CS(=O)(=O)N2CCN(S(=O)(=O)c3ncn[nH]3)CC2)cc1. The number of hydrogen-bond acceptors (Lipinski definition) is 6. The summed E-state index contributed by atoms with van der Waals surface area (Å²) < 4.78 is 52.1. The molecule has 1 aromatic carbocycles. The Morgan fingerprint density at radius 3 is 2.19 bits per heavy atom. The van der Waals surface area contributed by atoms with Crippen molar-refractivity contribution in [3.05, 3.63) is 47.1 Å². The van der Waals surface area contributed by atoms with E-state index in [1.54, 1.807) is 0 Å². The van der Waals surface area contributed by atoms with Crippen LogP contribution in [0, 0.1) is 6.92 Å². The summed E-state index contributed by atoms with van der Waals surface area (Å²) in [5, 5.41) is 6.77. The third-order valence-electron chi connectivity index (χ3n) is 4.04. The lowest BCUT2D eigenvalue weighted by Gasteiger charge is -2.31. The van der Waals surface area contributed by atoms with Crippen LogP contribution in [0.4, 0.5) is 0 Å². The Balaban J connectivity index is 1.66. The second-order valence-electron chi connectivity index (χ2n) is 5.85. The summed E-state index contributed by atoms with van der Waals surface area (Å²) in [4.78, 5) is 3.66. The molecule has 11 heteroatoms. The van der Waals surface area contributed by atoms with Crippen molar-refractivity contribution in [1.29, 1.82) is 0 Å². The molecule has 140 valence electrons. The molecule has 1 aromatic heterocycles. The highest BCUT2D eigenvalue weighted by atomic mass is 32.2. The number of H-pyrrole nitrogens is 1. The quantitative estimate of drug-likeness (QED) is 0.782. The summed E-state index contributed by atoms with van der Waals surface area (Å²) in [7, 11) is -7.40. The van der Waals surface area contributed by atoms with Crippen molar-refractivity contribution in [1.82, 2.24) is 23.8 Å². The summed E-state index contributed by atoms with van der Waals surface area (Å²) in [5.74, 6) is 0. The number of aromatic amines is 1. The van der Waals surface area contributed by atoms with Crippen molar-refractivity contribution >= 4 is 26.1 Å². The molecule has 1 aliphatic heterocycles. The van der Waals surface area contributed by atoms with E-state index in [0.717, 1.165) is 22.9 Å². The highest BCUT2D eigenvalue weighted by molar-refractivity contribution is 7.92. The van der Waals surface area contributed by atoms with Gasteiger partial charge in [-0.3, -0.25) is 0 Å². The Bertz CT molecular complexity index is 975. The number of nitrogens with one attached hydrogen (secondary N) is 1. The molecule has 0 amide bonds. The molecule has 1 aliphatic rings. The van der Waals surface area contributed by atoms with Crippen LogP contribution >= 0.6 is 0 Å². The molecule has 0 spiro atoms. The average molecular weight is 397 g/mol. The summed E-state index contributed by atoms with van der Waals surface area (Å²) in [6.07, 6.45) is 2.65. The van der Waals surface area contributed by atoms with Gasteiger partial charge in [-0.2, -0.15) is 13.7 Å². The second kappa shape index (κ2) is 7.27. The predicted octanol–water partition coefficient (Wildman–Crippen LogP) is 0.420. The van der Waals surface area contributed by atoms with E-state index in [-0.39, 0.29) is 31.3 Å². The fraction of sp³-hybridized carbons (Fsp3) is 0.333. The molecule has 0 bridgehead atoms. The molecule has 9 nitrogen and oxygen atoms in total. The molecule has 0 aliphatic carbocycles. The van der Waals surface area contributed by atoms with Gasteiger partial charge < -0.3 is 0 Å². The lowest BCUT2D eigenvalue weighted by Crippen LogP contribution is -2.50. The van der Waals surface area contributed by atoms with Crippen LogP contribution in [-0.4, -0.2) is 66.8 Å². The first-order valence-corrected chi connectivity index (χ1v) is 10.8. The zero-order valence-electron chi connectivity index (χ0n) is 14.1. The normalized spacial score (nSPS) is 17.7. The molecule has 1 N–H and O–H groups in total. The van der Waals surface area contributed by atoms with Gasteiger partial charge in [0.25, 0.3) is 15.2 Å². The predicted molar refractivity (Wildman–Crippen MR) is 95.8 cm³/mol. The molecular weight excluding hydrogens is 378 g/mol. The van der Waals surface area contributed by atoms with Crippen LogP contribution in [0.1, 0.15) is 11.1 Å². The van der Waals surface area contributed by atoms with Crippen molar-refractivity contribution in [3.8, 4) is 0 Å². The van der Waals surface area contributed by atoms with Gasteiger partial charge in [-0.05, 0) is 18.6 Å². The molecule has 1 saturated heterocycles. The first kappa shape index (κ1) is 18.7. The number of aromatic nitrogens is 3. The largest absolute Gasteiger partial charge is 0.278 e. The number of nitrogens with zero attached hydrogens (tertiary/aromatic N) is 4. The molecule has 1 fully saturated rings. The molecule has 2 aromatic rings. The van der Waals surface area contributed by atoms with Crippen LogP contribution in [0.5, 0.6) is 0 Å². The summed E-state index contributed by atoms with van der Waals surface area (Å²) in [5.41, 5.74) is 1.87. The summed E-state index contributed by atoms with van der Waals surface area (Å²) in [6, 6.07) is 7.48. The van der Waals surface area contributed by atoms with E-state index in [1.807, 2.05) is 31.2 Å². The zero-order chi connectivity index (χ0) is 18.8. The van der Waals surface area contributed by atoms with Crippen molar-refractivity contribution in [2.75, 3.05) is 26.2 Å². The highest BCUT2D eigenvalue weighted by Gasteiger charge is 2.33. The van der Waals surface area contributed by atoms with Crippen molar-refractivity contribution in [2.45, 2.75) is 12.1 Å². The lowest BCUT2D eigenvalue weighted by atomic mass is 10.2. The molecule has 3 rings (SSSR count). The highest BCUT2D eigenvalue weighted by Crippen LogP contribution is 2.16. The van der Waals surface area contributed by atoms with Gasteiger partial charge in [0.2, 0.25) is 10.0 Å². The maximum absolute atomic E-state index is 12.5. The monoisotopic (exact) mass is 397 g/mol. The Labute approximate surface area is 152 Å². The topological polar surface area (TPSA) is 116 Å². The van der Waals surface area contributed by atoms with Gasteiger partial charge in [-0.1, -0.05) is 29.8 Å². The van der Waals surface area contributed by atoms with Crippen LogP contribution in [-0.2, 0) is 20.0 Å². The number of hydrogen-bond donors (Lipinski definition) is 1. The second-order valence-corrected chi connectivity index (χ2v) is 9.52. The smallest absolute Gasteiger partial charge is 0.249 e. The van der Waals surface area contributed by atoms with E-state index in [9.17, 15) is 16.8 Å². The molecule has 2 heterocycles. The Kier molecular flexibility index (Phi) is 5.23. The van der Waals surface area contributed by atoms with Crippen LogP contribution in [0.3, 0.4) is 0 Å². The lowest BCUT2D eigenvalue weighted by molar-refractivity contribution is 0.273. The van der Waals surface area contributed by atoms with Gasteiger partial charge in [0.15, 0.2) is 0 Å². The molecule has 0 atom stereocenters. The number of sulfonamides is 2. The molecule has 0 unspecified atom stereocenters. The summed E-state index contributed by atoms with van der Waals surface area (Å²) >= 11 is 0. The maximum atomic E-state index is 12.5. The number of rotatable bonds is 5. The van der Waals surface area contributed by atoms with Gasteiger partial charge in [0.1, 0.15) is 6.33 Å². The first-order valence-electron chi connectivity index (χ1n) is 7.89. The van der Waals surface area contributed by atoms with E-state index in [0.29, 0.717) is 0 Å². The molecule has 26 heavy (non-hydrogen) atoms. The third-order valence-corrected chi connectivity index (χ3v) is 7.34. The fourth-order valence-electron chi connectivity index (χ4n) is 2.53. The zero-order valence-corrected chi connectivity index (χ0v) is 15.7. The van der Waals surface area contributed by atoms with Gasteiger partial charge in [-0.25, -0.2) is 26.9 Å². The number of aryl methyl sites for hydroxylation is 1. The van der Waals surface area contributed by atoms with E-state index in [2.05, 4.69) is 15.2 Å². The Hall–Kier alpha value is -2.08. The van der Waals surface area contributed by atoms with E-state index < -0.39 is 20.0 Å². The molecule has 0 saturated carbocycles. The minimum Gasteiger partial charge on any atom is -0.249 e. The van der Waals surface area contributed by atoms with Crippen LogP contribution in [0.15, 0.2) is 41.2 Å². The fourth-order valence-corrected chi connectivity index (χ4v) is 4.94. The standard InChI is InChI=1S/C15H19N5O4S2/c1-13-2-4-14(5-3-13)6-11-25(21,22)19-7-9-20(10-8-19)26(23,24)15-16-12-17-18-15/h2-6,11-12H,7-10H2,1H3,(H,16,17,18). The average Bonchev–Trinajstić information content (AvgIpc) is 3.17. The van der Waals surface area contributed by atoms with Crippen molar-refractivity contribution in [2.24, 2.45) is 0 Å². The maximum Gasteiger partial charge on any atom is 0.278 e. The van der Waals surface area contributed by atoms with E-state index in [4.69, 9.17) is 0 Å². The van der Waals surface area contributed by atoms with Gasteiger partial charge in [0.05, 0.1) is 0 Å². The molecule has 0 radical (unpaired) electrons. The Morgan fingerprint density at radius 1 is 1.00 bits per heavy atom. The van der Waals surface area contributed by atoms with Crippen molar-refractivity contribution < 1.29 is 16.8 Å². The van der Waals surface area contributed by atoms with Gasteiger partial charge in [0, 0.05) is 31.6 Å². The van der Waals surface area contributed by atoms with Crippen LogP contribution < -0.4 is 0 Å². The van der Waals surface area contributed by atoms with E-state index in [1.165, 1.54) is 14.7 Å². The van der Waals surface area contributed by atoms with E-state index >= 15 is 0 Å². The van der Waals surface area contributed by atoms with Gasteiger partial charge >= 0.3 is 0 Å². The van der Waals surface area contributed by atoms with Gasteiger partial charge in [-0.15, -0.1) is 0 Å². The summed E-state index contributed by atoms with van der Waals surface area (Å²) in [6.45, 7) is 2.22. The number of piperazine rings is 1. The van der Waals surface area contributed by atoms with Crippen LogP contribution in [0.25, 0.3) is 6.08 Å². The van der Waals surface area contributed by atoms with Crippen LogP contribution in [0.2, 0.25) is 0 Å². The number of benzene rings is 1.